The molecule has 0 spiro atoms. The van der Waals surface area contributed by atoms with Gasteiger partial charge in [-0.15, -0.1) is 4.39 Å². The van der Waals surface area contributed by atoms with Crippen LogP contribution in [0, 0.1) is 30.7 Å². The van der Waals surface area contributed by atoms with E-state index in [2.05, 4.69) is 4.98 Å². The summed E-state index contributed by atoms with van der Waals surface area (Å²) in [5.41, 5.74) is 1.08. The third kappa shape index (κ3) is 2.21. The average molecular weight is 247 g/mol. The van der Waals surface area contributed by atoms with Crippen LogP contribution in [0.2, 0.25) is 0 Å². The van der Waals surface area contributed by atoms with Gasteiger partial charge in [0, 0.05) is 11.3 Å². The van der Waals surface area contributed by atoms with Crippen LogP contribution in [0.25, 0.3) is 11.3 Å². The lowest BCUT2D eigenvalue weighted by Crippen LogP contribution is -1.96. The summed E-state index contributed by atoms with van der Waals surface area (Å²) in [6.45, 7) is 1.77. The summed E-state index contributed by atoms with van der Waals surface area (Å²) in [6, 6.07) is 7.43. The second-order valence-corrected chi connectivity index (χ2v) is 3.67. The fourth-order valence-electron chi connectivity index (χ4n) is 1.63. The molecular weight excluding hydrogens is 239 g/mol. The summed E-state index contributed by atoms with van der Waals surface area (Å²) >= 11 is 0. The highest BCUT2D eigenvalue weighted by atomic mass is 19.2. The molecule has 0 atom stereocenters. The summed E-state index contributed by atoms with van der Waals surface area (Å²) in [4.78, 5) is 4.18. The highest BCUT2D eigenvalue weighted by Gasteiger charge is 2.14. The van der Waals surface area contributed by atoms with Gasteiger partial charge in [-0.3, -0.25) is 4.98 Å². The maximum atomic E-state index is 13.6. The number of pyridine rings is 1. The van der Waals surface area contributed by atoms with Gasteiger partial charge in [0.2, 0.25) is 0 Å². The number of rotatable bonds is 1. The van der Waals surface area contributed by atoms with E-state index in [9.17, 15) is 13.2 Å². The molecule has 0 saturated heterocycles. The molecule has 2 rings (SSSR count). The number of aryl methyl sites for hydroxylation is 1. The fourth-order valence-corrected chi connectivity index (χ4v) is 1.63. The Bertz CT molecular complexity index is 654. The van der Waals surface area contributed by atoms with Crippen LogP contribution < -0.4 is 0 Å². The Morgan fingerprint density at radius 1 is 1.11 bits per heavy atom. The van der Waals surface area contributed by atoms with E-state index in [4.69, 9.17) is 0 Å². The zero-order valence-electron chi connectivity index (χ0n) is 9.47. The minimum absolute atomic E-state index is 0.266. The van der Waals surface area contributed by atoms with Gasteiger partial charge in [0.25, 0.3) is 0 Å². The van der Waals surface area contributed by atoms with Crippen molar-refractivity contribution in [1.82, 2.24) is 4.98 Å². The predicted octanol–water partition coefficient (Wildman–Crippen LogP) is 3.61. The van der Waals surface area contributed by atoms with Crippen molar-refractivity contribution in [3.05, 3.63) is 53.2 Å². The summed E-state index contributed by atoms with van der Waals surface area (Å²) in [5, 5.41) is 0. The van der Waals surface area contributed by atoms with Crippen molar-refractivity contribution in [2.75, 3.05) is 0 Å². The third-order valence-electron chi connectivity index (χ3n) is 2.43. The van der Waals surface area contributed by atoms with Crippen molar-refractivity contribution < 1.29 is 13.2 Å². The van der Waals surface area contributed by atoms with Crippen LogP contribution in [0.5, 0.6) is 0 Å². The molecule has 0 aliphatic carbocycles. The SMILES string of the molecule is Cc1cccc(-c2ccc(F)c(F)c2C#CF)n1. The Balaban J connectivity index is 2.70. The molecule has 2 aromatic rings. The van der Waals surface area contributed by atoms with Gasteiger partial charge in [-0.1, -0.05) is 6.07 Å². The van der Waals surface area contributed by atoms with E-state index in [0.717, 1.165) is 17.9 Å². The molecule has 0 aliphatic rings. The molecule has 1 heterocycles. The standard InChI is InChI=1S/C14H8F3N/c1-9-3-2-4-13(18-9)10-5-6-12(16)14(17)11(10)7-8-15/h2-6H,1H3. The molecule has 4 heteroatoms. The molecule has 0 bridgehead atoms. The van der Waals surface area contributed by atoms with Gasteiger partial charge in [-0.05, 0) is 37.1 Å². The molecule has 0 amide bonds. The number of hydrogen-bond donors (Lipinski definition) is 0. The lowest BCUT2D eigenvalue weighted by atomic mass is 10.0. The van der Waals surface area contributed by atoms with Gasteiger partial charge >= 0.3 is 0 Å². The third-order valence-corrected chi connectivity index (χ3v) is 2.43. The molecule has 1 aromatic carbocycles. The lowest BCUT2D eigenvalue weighted by Gasteiger charge is -2.06. The number of aromatic nitrogens is 1. The largest absolute Gasteiger partial charge is 0.253 e. The maximum absolute atomic E-state index is 13.6. The van der Waals surface area contributed by atoms with Gasteiger partial charge in [-0.2, -0.15) is 0 Å². The van der Waals surface area contributed by atoms with Gasteiger partial charge in [0.15, 0.2) is 11.6 Å². The van der Waals surface area contributed by atoms with E-state index in [0.29, 0.717) is 5.69 Å². The van der Waals surface area contributed by atoms with Crippen molar-refractivity contribution in [1.29, 1.82) is 0 Å². The Morgan fingerprint density at radius 2 is 1.89 bits per heavy atom. The van der Waals surface area contributed by atoms with E-state index in [1.807, 2.05) is 5.92 Å². The number of hydrogen-bond acceptors (Lipinski definition) is 1. The first-order valence-electron chi connectivity index (χ1n) is 5.17. The topological polar surface area (TPSA) is 12.9 Å². The first-order chi connectivity index (χ1) is 8.63. The zero-order chi connectivity index (χ0) is 13.1. The van der Waals surface area contributed by atoms with Crippen LogP contribution in [0.1, 0.15) is 11.3 Å². The van der Waals surface area contributed by atoms with E-state index < -0.39 is 11.6 Å². The monoisotopic (exact) mass is 247 g/mol. The average Bonchev–Trinajstić information content (AvgIpc) is 2.35. The molecule has 0 fully saturated rings. The summed E-state index contributed by atoms with van der Waals surface area (Å²) in [5.74, 6) is -0.300. The van der Waals surface area contributed by atoms with Gasteiger partial charge in [0.05, 0.1) is 11.3 Å². The minimum Gasteiger partial charge on any atom is -0.253 e. The minimum atomic E-state index is -1.17. The van der Waals surface area contributed by atoms with Gasteiger partial charge in [0.1, 0.15) is 6.17 Å². The molecular formula is C14H8F3N. The van der Waals surface area contributed by atoms with E-state index in [1.165, 1.54) is 6.07 Å². The fraction of sp³-hybridized carbons (Fsp3) is 0.0714. The first-order valence-corrected chi connectivity index (χ1v) is 5.17. The quantitative estimate of drug-likeness (QED) is 0.701. The van der Waals surface area contributed by atoms with Crippen LogP contribution in [-0.4, -0.2) is 4.98 Å². The molecule has 18 heavy (non-hydrogen) atoms. The Labute approximate surface area is 102 Å². The maximum Gasteiger partial charge on any atom is 0.175 e. The first kappa shape index (κ1) is 12.2. The molecule has 0 N–H and O–H groups in total. The van der Waals surface area contributed by atoms with Gasteiger partial charge < -0.3 is 0 Å². The number of halogens is 3. The highest BCUT2D eigenvalue weighted by molar-refractivity contribution is 5.68. The van der Waals surface area contributed by atoms with Crippen LogP contribution in [0.15, 0.2) is 30.3 Å². The lowest BCUT2D eigenvalue weighted by molar-refractivity contribution is 0.507. The molecule has 1 nitrogen and oxygen atoms in total. The molecule has 0 radical (unpaired) electrons. The second kappa shape index (κ2) is 4.92. The van der Waals surface area contributed by atoms with E-state index in [1.54, 1.807) is 25.1 Å². The molecule has 0 unspecified atom stereocenters. The normalized spacial score (nSPS) is 9.78. The molecule has 1 aromatic heterocycles. The van der Waals surface area contributed by atoms with Crippen LogP contribution in [-0.2, 0) is 0 Å². The Kier molecular flexibility index (Phi) is 3.33. The van der Waals surface area contributed by atoms with Crippen molar-refractivity contribution >= 4 is 0 Å². The molecule has 0 saturated carbocycles. The second-order valence-electron chi connectivity index (χ2n) is 3.67. The number of benzene rings is 1. The van der Waals surface area contributed by atoms with Gasteiger partial charge in [-0.25, -0.2) is 8.78 Å². The molecule has 0 aliphatic heterocycles. The summed E-state index contributed by atoms with van der Waals surface area (Å²) in [7, 11) is 0. The molecule has 90 valence electrons. The van der Waals surface area contributed by atoms with E-state index >= 15 is 0 Å². The van der Waals surface area contributed by atoms with Crippen molar-refractivity contribution in [3.8, 4) is 23.4 Å². The van der Waals surface area contributed by atoms with Crippen molar-refractivity contribution in [2.24, 2.45) is 0 Å². The van der Waals surface area contributed by atoms with Crippen LogP contribution in [0.4, 0.5) is 13.2 Å². The zero-order valence-corrected chi connectivity index (χ0v) is 9.47. The van der Waals surface area contributed by atoms with E-state index in [-0.39, 0.29) is 11.1 Å². The smallest absolute Gasteiger partial charge is 0.175 e. The van der Waals surface area contributed by atoms with Crippen LogP contribution >= 0.6 is 0 Å². The summed E-state index contributed by atoms with van der Waals surface area (Å²) in [6.07, 6.45) is 1.09. The highest BCUT2D eigenvalue weighted by Crippen LogP contribution is 2.25. The van der Waals surface area contributed by atoms with Crippen molar-refractivity contribution in [3.63, 3.8) is 0 Å². The summed E-state index contributed by atoms with van der Waals surface area (Å²) < 4.78 is 38.8. The Morgan fingerprint density at radius 3 is 2.56 bits per heavy atom. The van der Waals surface area contributed by atoms with Crippen molar-refractivity contribution in [2.45, 2.75) is 6.92 Å². The van der Waals surface area contributed by atoms with Crippen LogP contribution in [0.3, 0.4) is 0 Å². The Hall–Kier alpha value is -2.28. The predicted molar refractivity (Wildman–Crippen MR) is 62.3 cm³/mol. The number of nitrogens with zero attached hydrogens (tertiary/aromatic N) is 1.